The number of nitrogens with one attached hydrogen (secondary N) is 1. The summed E-state index contributed by atoms with van der Waals surface area (Å²) in [5, 5.41) is 3.48. The summed E-state index contributed by atoms with van der Waals surface area (Å²) in [6.45, 7) is 0. The molecule has 1 aromatic heterocycles. The number of nitrogens with zero attached hydrogens (tertiary/aromatic N) is 1. The molecule has 22 heavy (non-hydrogen) atoms. The number of fused-ring (bicyclic) bond motifs is 1. The predicted molar refractivity (Wildman–Crippen MR) is 80.9 cm³/mol. The number of benzene rings is 2. The monoisotopic (exact) mass is 303 g/mol. The van der Waals surface area contributed by atoms with Crippen molar-refractivity contribution in [2.45, 2.75) is 6.18 Å². The van der Waals surface area contributed by atoms with Gasteiger partial charge in [-0.15, -0.1) is 0 Å². The van der Waals surface area contributed by atoms with E-state index in [1.54, 1.807) is 36.5 Å². The molecule has 0 fully saturated rings. The van der Waals surface area contributed by atoms with Crippen molar-refractivity contribution in [1.29, 1.82) is 0 Å². The summed E-state index contributed by atoms with van der Waals surface area (Å²) in [5.41, 5.74) is 7.30. The van der Waals surface area contributed by atoms with Crippen LogP contribution in [0.25, 0.3) is 10.9 Å². The van der Waals surface area contributed by atoms with Gasteiger partial charge in [0.05, 0.1) is 11.1 Å². The van der Waals surface area contributed by atoms with Crippen LogP contribution in [0.15, 0.2) is 54.7 Å². The molecule has 0 amide bonds. The average Bonchev–Trinajstić information content (AvgIpc) is 2.46. The van der Waals surface area contributed by atoms with E-state index in [0.29, 0.717) is 28.0 Å². The molecule has 0 aliphatic carbocycles. The Kier molecular flexibility index (Phi) is 3.36. The lowest BCUT2D eigenvalue weighted by molar-refractivity contribution is -0.137. The molecular formula is C16H12F3N3. The molecule has 0 radical (unpaired) electrons. The lowest BCUT2D eigenvalue weighted by Crippen LogP contribution is -2.05. The molecule has 3 N–H and O–H groups in total. The van der Waals surface area contributed by atoms with Crippen LogP contribution in [0.4, 0.5) is 30.2 Å². The predicted octanol–water partition coefficient (Wildman–Crippen LogP) is 4.58. The summed E-state index contributed by atoms with van der Waals surface area (Å²) in [6, 6.07) is 12.1. The Balaban J connectivity index is 2.09. The van der Waals surface area contributed by atoms with E-state index in [1.165, 1.54) is 6.07 Å². The Labute approximate surface area is 124 Å². The summed E-state index contributed by atoms with van der Waals surface area (Å²) in [7, 11) is 0. The summed E-state index contributed by atoms with van der Waals surface area (Å²) in [6.07, 6.45) is -2.84. The van der Waals surface area contributed by atoms with Crippen LogP contribution in [-0.4, -0.2) is 4.98 Å². The number of aromatic nitrogens is 1. The molecule has 112 valence electrons. The Morgan fingerprint density at radius 1 is 1.00 bits per heavy atom. The third-order valence-electron chi connectivity index (χ3n) is 3.23. The fraction of sp³-hybridized carbons (Fsp3) is 0.0625. The molecule has 2 aromatic carbocycles. The van der Waals surface area contributed by atoms with Gasteiger partial charge in [-0.1, -0.05) is 6.07 Å². The van der Waals surface area contributed by atoms with Crippen molar-refractivity contribution in [2.24, 2.45) is 0 Å². The van der Waals surface area contributed by atoms with E-state index in [2.05, 4.69) is 10.3 Å². The maximum absolute atomic E-state index is 12.9. The van der Waals surface area contributed by atoms with Crippen molar-refractivity contribution >= 4 is 28.0 Å². The minimum absolute atomic E-state index is 0.403. The van der Waals surface area contributed by atoms with Gasteiger partial charge in [0.2, 0.25) is 0 Å². The molecule has 0 aliphatic rings. The number of anilines is 3. The first-order valence-electron chi connectivity index (χ1n) is 6.52. The molecular weight excluding hydrogens is 291 g/mol. The first-order chi connectivity index (χ1) is 10.4. The van der Waals surface area contributed by atoms with Gasteiger partial charge in [-0.3, -0.25) is 4.98 Å². The van der Waals surface area contributed by atoms with Crippen molar-refractivity contribution in [3.05, 3.63) is 60.3 Å². The molecule has 1 heterocycles. The first-order valence-corrected chi connectivity index (χ1v) is 6.52. The van der Waals surface area contributed by atoms with Crippen molar-refractivity contribution in [1.82, 2.24) is 4.98 Å². The smallest absolute Gasteiger partial charge is 0.399 e. The van der Waals surface area contributed by atoms with Crippen molar-refractivity contribution < 1.29 is 13.2 Å². The number of nitrogens with two attached hydrogens (primary N) is 1. The van der Waals surface area contributed by atoms with Gasteiger partial charge >= 0.3 is 6.18 Å². The van der Waals surface area contributed by atoms with Crippen LogP contribution in [0, 0.1) is 0 Å². The van der Waals surface area contributed by atoms with Gasteiger partial charge in [-0.05, 0) is 42.5 Å². The number of hydrogen-bond acceptors (Lipinski definition) is 3. The Bertz CT molecular complexity index is 828. The average molecular weight is 303 g/mol. The summed E-state index contributed by atoms with van der Waals surface area (Å²) < 4.78 is 38.6. The minimum atomic E-state index is -4.39. The fourth-order valence-corrected chi connectivity index (χ4v) is 2.20. The zero-order valence-corrected chi connectivity index (χ0v) is 11.4. The second-order valence-corrected chi connectivity index (χ2v) is 4.84. The largest absolute Gasteiger partial charge is 0.416 e. The Morgan fingerprint density at radius 3 is 2.55 bits per heavy atom. The highest BCUT2D eigenvalue weighted by atomic mass is 19.4. The third-order valence-corrected chi connectivity index (χ3v) is 3.23. The van der Waals surface area contributed by atoms with Crippen LogP contribution in [-0.2, 0) is 6.18 Å². The van der Waals surface area contributed by atoms with Crippen molar-refractivity contribution in [3.8, 4) is 0 Å². The van der Waals surface area contributed by atoms with E-state index in [9.17, 15) is 13.2 Å². The fourth-order valence-electron chi connectivity index (χ4n) is 2.20. The van der Waals surface area contributed by atoms with Crippen molar-refractivity contribution in [2.75, 3.05) is 11.1 Å². The number of pyridine rings is 1. The standard InChI is InChI=1S/C16H12F3N3/c17-16(18,19)10-4-5-14-13(8-10)15(6-7-21-14)22-12-3-1-2-11(20)9-12/h1-9H,20H2,(H,21,22). The lowest BCUT2D eigenvalue weighted by atomic mass is 10.1. The molecule has 0 saturated carbocycles. The molecule has 3 rings (SSSR count). The molecule has 0 unspecified atom stereocenters. The molecule has 0 aliphatic heterocycles. The summed E-state index contributed by atoms with van der Waals surface area (Å²) in [5.74, 6) is 0. The van der Waals surface area contributed by atoms with E-state index < -0.39 is 11.7 Å². The molecule has 3 aromatic rings. The van der Waals surface area contributed by atoms with Gasteiger partial charge in [0, 0.05) is 28.6 Å². The van der Waals surface area contributed by atoms with Crippen LogP contribution in [0.1, 0.15) is 5.56 Å². The molecule has 0 saturated heterocycles. The summed E-state index contributed by atoms with van der Waals surface area (Å²) in [4.78, 5) is 4.09. The maximum Gasteiger partial charge on any atom is 0.416 e. The highest BCUT2D eigenvalue weighted by Crippen LogP contribution is 2.33. The van der Waals surface area contributed by atoms with Gasteiger partial charge in [0.15, 0.2) is 0 Å². The van der Waals surface area contributed by atoms with Crippen LogP contribution in [0.5, 0.6) is 0 Å². The highest BCUT2D eigenvalue weighted by Gasteiger charge is 2.30. The topological polar surface area (TPSA) is 50.9 Å². The highest BCUT2D eigenvalue weighted by molar-refractivity contribution is 5.93. The normalized spacial score (nSPS) is 11.6. The maximum atomic E-state index is 12.9. The van der Waals surface area contributed by atoms with Gasteiger partial charge in [-0.2, -0.15) is 13.2 Å². The molecule has 0 bridgehead atoms. The SMILES string of the molecule is Nc1cccc(Nc2ccnc3ccc(C(F)(F)F)cc23)c1. The zero-order valence-electron chi connectivity index (χ0n) is 11.4. The van der Waals surface area contributed by atoms with E-state index in [0.717, 1.165) is 12.1 Å². The van der Waals surface area contributed by atoms with E-state index >= 15 is 0 Å². The number of halogens is 3. The molecule has 0 spiro atoms. The van der Waals surface area contributed by atoms with Gasteiger partial charge < -0.3 is 11.1 Å². The first kappa shape index (κ1) is 14.2. The van der Waals surface area contributed by atoms with Crippen LogP contribution in [0.2, 0.25) is 0 Å². The summed E-state index contributed by atoms with van der Waals surface area (Å²) >= 11 is 0. The number of hydrogen-bond donors (Lipinski definition) is 2. The van der Waals surface area contributed by atoms with E-state index in [-0.39, 0.29) is 0 Å². The Morgan fingerprint density at radius 2 is 1.82 bits per heavy atom. The quantitative estimate of drug-likeness (QED) is 0.681. The lowest BCUT2D eigenvalue weighted by Gasteiger charge is -2.12. The second kappa shape index (κ2) is 5.22. The third kappa shape index (κ3) is 2.81. The molecule has 6 heteroatoms. The second-order valence-electron chi connectivity index (χ2n) is 4.84. The zero-order chi connectivity index (χ0) is 15.7. The minimum Gasteiger partial charge on any atom is -0.399 e. The molecule has 3 nitrogen and oxygen atoms in total. The van der Waals surface area contributed by atoms with E-state index in [4.69, 9.17) is 5.73 Å². The van der Waals surface area contributed by atoms with Crippen molar-refractivity contribution in [3.63, 3.8) is 0 Å². The number of rotatable bonds is 2. The van der Waals surface area contributed by atoms with Gasteiger partial charge in [0.25, 0.3) is 0 Å². The van der Waals surface area contributed by atoms with E-state index in [1.807, 2.05) is 0 Å². The van der Waals surface area contributed by atoms with Crippen LogP contribution >= 0.6 is 0 Å². The molecule has 0 atom stereocenters. The van der Waals surface area contributed by atoms with Crippen LogP contribution in [0.3, 0.4) is 0 Å². The van der Waals surface area contributed by atoms with Gasteiger partial charge in [0.1, 0.15) is 0 Å². The number of nitrogen functional groups attached to an aromatic ring is 1. The Hall–Kier alpha value is -2.76. The van der Waals surface area contributed by atoms with Gasteiger partial charge in [-0.25, -0.2) is 0 Å². The van der Waals surface area contributed by atoms with Crippen LogP contribution < -0.4 is 11.1 Å². The number of alkyl halides is 3.